The van der Waals surface area contributed by atoms with Crippen molar-refractivity contribution in [1.29, 1.82) is 0 Å². The largest absolute Gasteiger partial charge is 0.465 e. The molecule has 0 bridgehead atoms. The summed E-state index contributed by atoms with van der Waals surface area (Å²) < 4.78 is 42.6. The molecule has 10 heteroatoms. The van der Waals surface area contributed by atoms with Gasteiger partial charge in [0.2, 0.25) is 0 Å². The minimum absolute atomic E-state index is 0.162. The van der Waals surface area contributed by atoms with Crippen molar-refractivity contribution in [2.75, 3.05) is 20.2 Å². The molecule has 1 aromatic rings. The average Bonchev–Trinajstić information content (AvgIpc) is 2.55. The lowest BCUT2D eigenvalue weighted by Crippen LogP contribution is -2.39. The third-order valence-corrected chi connectivity index (χ3v) is 3.24. The van der Waals surface area contributed by atoms with Crippen LogP contribution in [-0.2, 0) is 4.74 Å². The van der Waals surface area contributed by atoms with E-state index in [1.807, 2.05) is 0 Å². The molecule has 0 unspecified atom stereocenters. The Labute approximate surface area is 141 Å². The number of hydrogen-bond donors (Lipinski definition) is 0. The van der Waals surface area contributed by atoms with E-state index in [1.165, 1.54) is 0 Å². The van der Waals surface area contributed by atoms with Crippen LogP contribution in [0.25, 0.3) is 0 Å². The molecule has 0 aromatic heterocycles. The van der Waals surface area contributed by atoms with Crippen LogP contribution in [0.3, 0.4) is 0 Å². The Morgan fingerprint density at radius 3 is 2.32 bits per heavy atom. The number of nitrogens with zero attached hydrogens (tertiary/aromatic N) is 2. The molecule has 0 aliphatic heterocycles. The summed E-state index contributed by atoms with van der Waals surface area (Å²) in [6.45, 7) is 0.103. The van der Waals surface area contributed by atoms with Crippen molar-refractivity contribution in [2.45, 2.75) is 25.9 Å². The number of hydrogen-bond acceptors (Lipinski definition) is 5. The van der Waals surface area contributed by atoms with E-state index in [0.717, 1.165) is 25.3 Å². The smallest absolute Gasteiger partial charge is 0.406 e. The molecule has 0 aliphatic carbocycles. The van der Waals surface area contributed by atoms with Gasteiger partial charge in [-0.15, -0.1) is 0 Å². The molecule has 1 amide bonds. The minimum Gasteiger partial charge on any atom is -0.465 e. The van der Waals surface area contributed by atoms with Gasteiger partial charge in [-0.3, -0.25) is 14.9 Å². The maximum Gasteiger partial charge on any atom is 0.406 e. The molecule has 0 spiro atoms. The Morgan fingerprint density at radius 1 is 1.24 bits per heavy atom. The van der Waals surface area contributed by atoms with Gasteiger partial charge in [-0.05, 0) is 12.5 Å². The van der Waals surface area contributed by atoms with Gasteiger partial charge in [0.05, 0.1) is 17.6 Å². The highest BCUT2D eigenvalue weighted by atomic mass is 19.4. The monoisotopic (exact) mass is 362 g/mol. The van der Waals surface area contributed by atoms with Crippen LogP contribution in [0.2, 0.25) is 0 Å². The molecule has 0 fully saturated rings. The van der Waals surface area contributed by atoms with Gasteiger partial charge < -0.3 is 9.64 Å². The van der Waals surface area contributed by atoms with Gasteiger partial charge in [-0.1, -0.05) is 13.3 Å². The van der Waals surface area contributed by atoms with Crippen molar-refractivity contribution in [1.82, 2.24) is 4.90 Å². The van der Waals surface area contributed by atoms with Crippen LogP contribution in [0, 0.1) is 10.1 Å². The van der Waals surface area contributed by atoms with Crippen LogP contribution in [0.4, 0.5) is 18.9 Å². The normalized spacial score (nSPS) is 11.1. The third-order valence-electron chi connectivity index (χ3n) is 3.24. The Bertz CT molecular complexity index is 661. The Balaban J connectivity index is 3.28. The molecule has 0 N–H and O–H groups in total. The van der Waals surface area contributed by atoms with E-state index in [4.69, 9.17) is 0 Å². The van der Waals surface area contributed by atoms with Crippen molar-refractivity contribution in [2.24, 2.45) is 0 Å². The first kappa shape index (κ1) is 20.4. The number of carbonyl (C=O) groups excluding carboxylic acids is 2. The molecule has 7 nitrogen and oxygen atoms in total. The average molecular weight is 362 g/mol. The molecule has 1 aromatic carbocycles. The number of non-ortho nitro benzene ring substituents is 1. The standard InChI is InChI=1S/C15H17F3N2O5/c1-3-4-5-19(9-15(16,17)18)13(21)10-6-11(14(22)25-2)8-12(7-10)20(23)24/h6-8H,3-5,9H2,1-2H3. The molecular weight excluding hydrogens is 345 g/mol. The molecule has 138 valence electrons. The number of nitro benzene ring substituents is 1. The molecule has 0 heterocycles. The van der Waals surface area contributed by atoms with Gasteiger partial charge in [0.15, 0.2) is 0 Å². The highest BCUT2D eigenvalue weighted by Gasteiger charge is 2.33. The second-order valence-corrected chi connectivity index (χ2v) is 5.21. The SMILES string of the molecule is CCCCN(CC(F)(F)F)C(=O)c1cc(C(=O)OC)cc([N+](=O)[O-])c1. The number of ether oxygens (including phenoxy) is 1. The number of esters is 1. The summed E-state index contributed by atoms with van der Waals surface area (Å²) in [6, 6.07) is 2.71. The number of alkyl halides is 3. The Hall–Kier alpha value is -2.65. The van der Waals surface area contributed by atoms with Crippen molar-refractivity contribution < 1.29 is 32.4 Å². The van der Waals surface area contributed by atoms with Crippen molar-refractivity contribution >= 4 is 17.6 Å². The van der Waals surface area contributed by atoms with Crippen LogP contribution in [0.1, 0.15) is 40.5 Å². The predicted molar refractivity (Wildman–Crippen MR) is 81.3 cm³/mol. The van der Waals surface area contributed by atoms with Crippen LogP contribution in [0.15, 0.2) is 18.2 Å². The van der Waals surface area contributed by atoms with E-state index in [-0.39, 0.29) is 17.7 Å². The van der Waals surface area contributed by atoms with Gasteiger partial charge in [-0.2, -0.15) is 13.2 Å². The summed E-state index contributed by atoms with van der Waals surface area (Å²) >= 11 is 0. The van der Waals surface area contributed by atoms with Crippen LogP contribution >= 0.6 is 0 Å². The quantitative estimate of drug-likeness (QED) is 0.422. The first-order valence-corrected chi connectivity index (χ1v) is 7.33. The maximum atomic E-state index is 12.7. The minimum atomic E-state index is -4.62. The molecule has 1 rings (SSSR count). The lowest BCUT2D eigenvalue weighted by atomic mass is 10.1. The summed E-state index contributed by atoms with van der Waals surface area (Å²) in [4.78, 5) is 34.7. The van der Waals surface area contributed by atoms with Crippen molar-refractivity contribution in [3.63, 3.8) is 0 Å². The number of methoxy groups -OCH3 is 1. The highest BCUT2D eigenvalue weighted by molar-refractivity contribution is 5.99. The molecular formula is C15H17F3N2O5. The van der Waals surface area contributed by atoms with E-state index >= 15 is 0 Å². The lowest BCUT2D eigenvalue weighted by molar-refractivity contribution is -0.384. The van der Waals surface area contributed by atoms with Gasteiger partial charge >= 0.3 is 12.1 Å². The maximum absolute atomic E-state index is 12.7. The highest BCUT2D eigenvalue weighted by Crippen LogP contribution is 2.22. The zero-order valence-electron chi connectivity index (χ0n) is 13.6. The van der Waals surface area contributed by atoms with Crippen LogP contribution in [-0.4, -0.2) is 48.1 Å². The first-order valence-electron chi connectivity index (χ1n) is 7.33. The fourth-order valence-corrected chi connectivity index (χ4v) is 2.08. The number of halogens is 3. The van der Waals surface area contributed by atoms with E-state index in [9.17, 15) is 32.9 Å². The van der Waals surface area contributed by atoms with E-state index in [1.54, 1.807) is 6.92 Å². The molecule has 0 saturated carbocycles. The van der Waals surface area contributed by atoms with Crippen molar-refractivity contribution in [3.8, 4) is 0 Å². The molecule has 0 saturated heterocycles. The predicted octanol–water partition coefficient (Wildman–Crippen LogP) is 3.19. The van der Waals surface area contributed by atoms with E-state index in [0.29, 0.717) is 17.7 Å². The second kappa shape index (κ2) is 8.45. The molecule has 0 atom stereocenters. The third kappa shape index (κ3) is 6.05. The lowest BCUT2D eigenvalue weighted by Gasteiger charge is -2.24. The molecule has 25 heavy (non-hydrogen) atoms. The number of nitro groups is 1. The zero-order chi connectivity index (χ0) is 19.2. The summed E-state index contributed by atoms with van der Waals surface area (Å²) in [5.41, 5.74) is -1.26. The van der Waals surface area contributed by atoms with Gasteiger partial charge in [0.25, 0.3) is 11.6 Å². The van der Waals surface area contributed by atoms with Gasteiger partial charge in [0, 0.05) is 24.2 Å². The summed E-state index contributed by atoms with van der Waals surface area (Å²) in [7, 11) is 1.04. The fourth-order valence-electron chi connectivity index (χ4n) is 2.08. The molecule has 0 radical (unpaired) electrons. The number of unbranched alkanes of at least 4 members (excludes halogenated alkanes) is 1. The van der Waals surface area contributed by atoms with Crippen LogP contribution in [0.5, 0.6) is 0 Å². The first-order chi connectivity index (χ1) is 11.6. The van der Waals surface area contributed by atoms with E-state index < -0.39 is 35.2 Å². The number of amides is 1. The topological polar surface area (TPSA) is 89.8 Å². The van der Waals surface area contributed by atoms with Gasteiger partial charge in [0.1, 0.15) is 6.54 Å². The number of benzene rings is 1. The van der Waals surface area contributed by atoms with E-state index in [2.05, 4.69) is 4.74 Å². The Morgan fingerprint density at radius 2 is 1.84 bits per heavy atom. The number of rotatable bonds is 7. The summed E-state index contributed by atoms with van der Waals surface area (Å²) in [5, 5.41) is 11.0. The Kier molecular flexibility index (Phi) is 6.89. The fraction of sp³-hybridized carbons (Fsp3) is 0.467. The van der Waals surface area contributed by atoms with Crippen LogP contribution < -0.4 is 0 Å². The molecule has 0 aliphatic rings. The summed E-state index contributed by atoms with van der Waals surface area (Å²) in [6.07, 6.45) is -3.72. The summed E-state index contributed by atoms with van der Waals surface area (Å²) in [5.74, 6) is -1.98. The second-order valence-electron chi connectivity index (χ2n) is 5.21. The van der Waals surface area contributed by atoms with Crippen molar-refractivity contribution in [3.05, 3.63) is 39.4 Å². The zero-order valence-corrected chi connectivity index (χ0v) is 13.6. The number of carbonyl (C=O) groups is 2. The van der Waals surface area contributed by atoms with Gasteiger partial charge in [-0.25, -0.2) is 4.79 Å².